The Morgan fingerprint density at radius 2 is 2.28 bits per heavy atom. The van der Waals surface area contributed by atoms with Gasteiger partial charge in [-0.15, -0.1) is 0 Å². The number of rotatable bonds is 6. The summed E-state index contributed by atoms with van der Waals surface area (Å²) >= 11 is 0. The van der Waals surface area contributed by atoms with Crippen molar-refractivity contribution in [3.05, 3.63) is 18.5 Å². The van der Waals surface area contributed by atoms with Crippen molar-refractivity contribution >= 4 is 17.8 Å². The summed E-state index contributed by atoms with van der Waals surface area (Å²) < 4.78 is 1.85. The van der Waals surface area contributed by atoms with Crippen LogP contribution in [0.25, 0.3) is 0 Å². The largest absolute Gasteiger partial charge is 0.344 e. The van der Waals surface area contributed by atoms with Gasteiger partial charge < -0.3 is 5.32 Å². The molecule has 2 atom stereocenters. The van der Waals surface area contributed by atoms with E-state index >= 15 is 0 Å². The molecule has 0 bridgehead atoms. The number of hydrogen-bond donors (Lipinski definition) is 2. The van der Waals surface area contributed by atoms with Crippen molar-refractivity contribution in [2.75, 3.05) is 13.1 Å². The SMILES string of the molecule is CC[C@@]1(C)NC(=O)N(NC(=O)CN2CCC[C@H]2Cn2cccn2)C1=O. The number of nitrogens with zero attached hydrogens (tertiary/aromatic N) is 4. The van der Waals surface area contributed by atoms with Gasteiger partial charge in [0.1, 0.15) is 5.54 Å². The van der Waals surface area contributed by atoms with E-state index in [4.69, 9.17) is 0 Å². The number of urea groups is 1. The van der Waals surface area contributed by atoms with Crippen molar-refractivity contribution in [3.63, 3.8) is 0 Å². The second-order valence-corrected chi connectivity index (χ2v) is 6.79. The maximum Gasteiger partial charge on any atom is 0.344 e. The highest BCUT2D eigenvalue weighted by Gasteiger charge is 2.47. The Morgan fingerprint density at radius 3 is 2.92 bits per heavy atom. The van der Waals surface area contributed by atoms with E-state index in [1.807, 2.05) is 23.9 Å². The lowest BCUT2D eigenvalue weighted by Gasteiger charge is -2.25. The molecule has 9 heteroatoms. The smallest absolute Gasteiger partial charge is 0.322 e. The molecule has 4 amide bonds. The van der Waals surface area contributed by atoms with E-state index < -0.39 is 17.5 Å². The van der Waals surface area contributed by atoms with E-state index in [-0.39, 0.29) is 18.5 Å². The van der Waals surface area contributed by atoms with Crippen LogP contribution in [0.4, 0.5) is 4.79 Å². The van der Waals surface area contributed by atoms with Gasteiger partial charge in [0.05, 0.1) is 13.1 Å². The second-order valence-electron chi connectivity index (χ2n) is 6.79. The first-order valence-electron chi connectivity index (χ1n) is 8.60. The number of imide groups is 1. The minimum atomic E-state index is -0.958. The van der Waals surface area contributed by atoms with Gasteiger partial charge >= 0.3 is 6.03 Å². The van der Waals surface area contributed by atoms with Crippen molar-refractivity contribution in [1.82, 2.24) is 30.4 Å². The molecular formula is C16H24N6O3. The van der Waals surface area contributed by atoms with E-state index in [1.54, 1.807) is 13.1 Å². The molecule has 136 valence electrons. The maximum absolute atomic E-state index is 12.3. The van der Waals surface area contributed by atoms with E-state index in [2.05, 4.69) is 20.7 Å². The van der Waals surface area contributed by atoms with Gasteiger partial charge in [-0.3, -0.25) is 24.6 Å². The van der Waals surface area contributed by atoms with Gasteiger partial charge in [0.15, 0.2) is 0 Å². The molecular weight excluding hydrogens is 324 g/mol. The third-order valence-corrected chi connectivity index (χ3v) is 5.01. The molecule has 1 aromatic heterocycles. The van der Waals surface area contributed by atoms with Crippen LogP contribution in [0, 0.1) is 0 Å². The van der Waals surface area contributed by atoms with Gasteiger partial charge in [0.2, 0.25) is 0 Å². The van der Waals surface area contributed by atoms with E-state index in [9.17, 15) is 14.4 Å². The average Bonchev–Trinajstić information content (AvgIpc) is 3.28. The summed E-state index contributed by atoms with van der Waals surface area (Å²) in [6.45, 7) is 5.14. The molecule has 1 aromatic rings. The highest BCUT2D eigenvalue weighted by molar-refractivity contribution is 6.07. The molecule has 0 saturated carbocycles. The quantitative estimate of drug-likeness (QED) is 0.710. The lowest BCUT2D eigenvalue weighted by Crippen LogP contribution is -2.51. The highest BCUT2D eigenvalue weighted by Crippen LogP contribution is 2.20. The normalized spacial score (nSPS) is 27.0. The monoisotopic (exact) mass is 348 g/mol. The maximum atomic E-state index is 12.3. The number of hydrogen-bond acceptors (Lipinski definition) is 5. The summed E-state index contributed by atoms with van der Waals surface area (Å²) in [5.74, 6) is -0.793. The molecule has 3 heterocycles. The van der Waals surface area contributed by atoms with Crippen molar-refractivity contribution in [1.29, 1.82) is 0 Å². The number of nitrogens with one attached hydrogen (secondary N) is 2. The Bertz CT molecular complexity index is 661. The predicted molar refractivity (Wildman–Crippen MR) is 89.0 cm³/mol. The zero-order valence-electron chi connectivity index (χ0n) is 14.6. The van der Waals surface area contributed by atoms with Crippen LogP contribution in [0.1, 0.15) is 33.1 Å². The fourth-order valence-corrected chi connectivity index (χ4v) is 3.30. The topological polar surface area (TPSA) is 99.6 Å². The fourth-order valence-electron chi connectivity index (χ4n) is 3.30. The molecule has 2 N–H and O–H groups in total. The summed E-state index contributed by atoms with van der Waals surface area (Å²) in [6.07, 6.45) is 6.09. The molecule has 0 radical (unpaired) electrons. The number of carbonyl (C=O) groups excluding carboxylic acids is 3. The lowest BCUT2D eigenvalue weighted by atomic mass is 10.00. The van der Waals surface area contributed by atoms with Gasteiger partial charge in [-0.25, -0.2) is 4.79 Å². The molecule has 2 saturated heterocycles. The molecule has 3 rings (SSSR count). The predicted octanol–water partition coefficient (Wildman–Crippen LogP) is 0.0992. The van der Waals surface area contributed by atoms with Crippen LogP contribution < -0.4 is 10.7 Å². The zero-order chi connectivity index (χ0) is 18.0. The van der Waals surface area contributed by atoms with Crippen LogP contribution in [-0.4, -0.2) is 62.2 Å². The first-order chi connectivity index (χ1) is 11.9. The minimum absolute atomic E-state index is 0.145. The van der Waals surface area contributed by atoms with Crippen LogP contribution in [-0.2, 0) is 16.1 Å². The Balaban J connectivity index is 1.57. The number of hydrazine groups is 1. The summed E-state index contributed by atoms with van der Waals surface area (Å²) in [5.41, 5.74) is 1.49. The van der Waals surface area contributed by atoms with Gasteiger partial charge in [0.25, 0.3) is 11.8 Å². The molecule has 9 nitrogen and oxygen atoms in total. The summed E-state index contributed by atoms with van der Waals surface area (Å²) in [5, 5.41) is 7.62. The minimum Gasteiger partial charge on any atom is -0.322 e. The number of aromatic nitrogens is 2. The first-order valence-corrected chi connectivity index (χ1v) is 8.60. The lowest BCUT2D eigenvalue weighted by molar-refractivity contribution is -0.139. The molecule has 2 aliphatic heterocycles. The van der Waals surface area contributed by atoms with Gasteiger partial charge in [-0.1, -0.05) is 6.92 Å². The summed E-state index contributed by atoms with van der Waals surface area (Å²) in [6, 6.07) is 1.50. The average molecular weight is 348 g/mol. The Labute approximate surface area is 146 Å². The van der Waals surface area contributed by atoms with Gasteiger partial charge in [-0.2, -0.15) is 10.1 Å². The van der Waals surface area contributed by atoms with E-state index in [0.717, 1.165) is 30.9 Å². The number of likely N-dealkylation sites (tertiary alicyclic amines) is 1. The Hall–Kier alpha value is -2.42. The molecule has 25 heavy (non-hydrogen) atoms. The van der Waals surface area contributed by atoms with E-state index in [0.29, 0.717) is 6.42 Å². The second kappa shape index (κ2) is 6.83. The van der Waals surface area contributed by atoms with Crippen molar-refractivity contribution < 1.29 is 14.4 Å². The molecule has 2 fully saturated rings. The van der Waals surface area contributed by atoms with Crippen LogP contribution >= 0.6 is 0 Å². The van der Waals surface area contributed by atoms with Crippen molar-refractivity contribution in [2.24, 2.45) is 0 Å². The molecule has 0 unspecified atom stereocenters. The van der Waals surface area contributed by atoms with Crippen molar-refractivity contribution in [2.45, 2.75) is 51.2 Å². The molecule has 2 aliphatic rings. The summed E-state index contributed by atoms with van der Waals surface area (Å²) in [7, 11) is 0. The number of amides is 4. The fraction of sp³-hybridized carbons (Fsp3) is 0.625. The first kappa shape index (κ1) is 17.4. The van der Waals surface area contributed by atoms with Gasteiger partial charge in [0, 0.05) is 18.4 Å². The molecule has 0 aromatic carbocycles. The van der Waals surface area contributed by atoms with E-state index in [1.165, 1.54) is 0 Å². The van der Waals surface area contributed by atoms with Gasteiger partial charge in [-0.05, 0) is 38.8 Å². The molecule has 0 spiro atoms. The zero-order valence-corrected chi connectivity index (χ0v) is 14.6. The Morgan fingerprint density at radius 1 is 1.48 bits per heavy atom. The summed E-state index contributed by atoms with van der Waals surface area (Å²) in [4.78, 5) is 38.7. The van der Waals surface area contributed by atoms with Crippen LogP contribution in [0.5, 0.6) is 0 Å². The third kappa shape index (κ3) is 3.51. The van der Waals surface area contributed by atoms with Crippen molar-refractivity contribution in [3.8, 4) is 0 Å². The standard InChI is InChI=1S/C16H24N6O3/c1-3-16(2)14(24)22(15(25)18-16)19-13(23)11-20-8-4-6-12(20)10-21-9-5-7-17-21/h5,7,9,12H,3-4,6,8,10-11H2,1-2H3,(H,18,25)(H,19,23)/t12-,16+/m0/s1. The van der Waals surface area contributed by atoms with Crippen LogP contribution in [0.2, 0.25) is 0 Å². The third-order valence-electron chi connectivity index (χ3n) is 5.01. The Kier molecular flexibility index (Phi) is 4.76. The molecule has 0 aliphatic carbocycles. The highest BCUT2D eigenvalue weighted by atomic mass is 16.2. The number of carbonyl (C=O) groups is 3. The van der Waals surface area contributed by atoms with Crippen LogP contribution in [0.15, 0.2) is 18.5 Å². The van der Waals surface area contributed by atoms with Crippen LogP contribution in [0.3, 0.4) is 0 Å².